The summed E-state index contributed by atoms with van der Waals surface area (Å²) >= 11 is 0. The van der Waals surface area contributed by atoms with E-state index in [-0.39, 0.29) is 17.2 Å². The molecule has 0 radical (unpaired) electrons. The van der Waals surface area contributed by atoms with Crippen LogP contribution < -0.4 is 5.32 Å². The minimum absolute atomic E-state index is 0.121. The molecule has 2 aliphatic rings. The van der Waals surface area contributed by atoms with Crippen molar-refractivity contribution in [3.63, 3.8) is 0 Å². The Morgan fingerprint density at radius 2 is 1.31 bits per heavy atom. The van der Waals surface area contributed by atoms with Gasteiger partial charge in [0.05, 0.1) is 11.1 Å². The molecule has 0 aliphatic heterocycles. The van der Waals surface area contributed by atoms with Gasteiger partial charge in [-0.3, -0.25) is 4.79 Å². The van der Waals surface area contributed by atoms with Gasteiger partial charge in [0.2, 0.25) is 12.2 Å². The average molecular weight is 480 g/mol. The topological polar surface area (TPSA) is 119 Å². The zero-order valence-corrected chi connectivity index (χ0v) is 19.7. The molecule has 8 nitrogen and oxygen atoms in total. The molecule has 0 spiro atoms. The number of ether oxygens (including phenoxy) is 2. The van der Waals surface area contributed by atoms with Crippen molar-refractivity contribution in [2.75, 3.05) is 0 Å². The molecule has 2 N–H and O–H groups in total. The fraction of sp³-hybridized carbons (Fsp3) is 0.407. The van der Waals surface area contributed by atoms with E-state index >= 15 is 0 Å². The van der Waals surface area contributed by atoms with E-state index in [1.807, 2.05) is 13.8 Å². The van der Waals surface area contributed by atoms with E-state index < -0.39 is 36.0 Å². The Kier molecular flexibility index (Phi) is 7.19. The highest BCUT2D eigenvalue weighted by Crippen LogP contribution is 2.44. The number of hydrogen-bond donors (Lipinski definition) is 2. The highest BCUT2D eigenvalue weighted by atomic mass is 16.6. The van der Waals surface area contributed by atoms with Crippen LogP contribution in [0.2, 0.25) is 0 Å². The third-order valence-corrected chi connectivity index (χ3v) is 6.89. The number of fused-ring (bicyclic) bond motifs is 2. The molecule has 0 saturated heterocycles. The molecule has 184 valence electrons. The van der Waals surface area contributed by atoms with Crippen LogP contribution in [-0.4, -0.2) is 47.2 Å². The van der Waals surface area contributed by atoms with Gasteiger partial charge in [-0.1, -0.05) is 41.8 Å². The van der Waals surface area contributed by atoms with Crippen LogP contribution in [0.25, 0.3) is 0 Å². The Morgan fingerprint density at radius 1 is 0.800 bits per heavy atom. The number of rotatable bonds is 8. The van der Waals surface area contributed by atoms with E-state index in [0.717, 1.165) is 36.8 Å². The maximum atomic E-state index is 13.3. The Labute approximate surface area is 203 Å². The molecule has 1 amide bonds. The normalized spacial score (nSPS) is 22.2. The lowest BCUT2D eigenvalue weighted by Gasteiger charge is -2.28. The lowest BCUT2D eigenvalue weighted by molar-refractivity contribution is -0.159. The summed E-state index contributed by atoms with van der Waals surface area (Å²) in [5.41, 5.74) is 2.11. The molecule has 0 aromatic heterocycles. The molecule has 2 saturated carbocycles. The van der Waals surface area contributed by atoms with Crippen molar-refractivity contribution in [1.82, 2.24) is 5.32 Å². The largest absolute Gasteiger partial charge is 0.478 e. The molecule has 5 atom stereocenters. The van der Waals surface area contributed by atoms with Crippen molar-refractivity contribution in [2.45, 2.75) is 57.8 Å². The first kappa shape index (κ1) is 24.4. The second kappa shape index (κ2) is 10.3. The monoisotopic (exact) mass is 479 g/mol. The molecule has 2 aliphatic carbocycles. The molecule has 2 fully saturated rings. The van der Waals surface area contributed by atoms with E-state index in [2.05, 4.69) is 5.32 Å². The Hall–Kier alpha value is -3.68. The minimum Gasteiger partial charge on any atom is -0.478 e. The maximum absolute atomic E-state index is 13.3. The number of nitrogens with one attached hydrogen (secondary N) is 1. The number of hydrogen-bond acceptors (Lipinski definition) is 6. The zero-order chi connectivity index (χ0) is 25.1. The van der Waals surface area contributed by atoms with Gasteiger partial charge in [-0.05, 0) is 69.2 Å². The predicted molar refractivity (Wildman–Crippen MR) is 126 cm³/mol. The van der Waals surface area contributed by atoms with Crippen LogP contribution in [0.15, 0.2) is 48.5 Å². The molecule has 0 heterocycles. The molecular weight excluding hydrogens is 450 g/mol. The number of carboxylic acids is 1. The Balaban J connectivity index is 1.56. The predicted octanol–water partition coefficient (Wildman–Crippen LogP) is 3.44. The van der Waals surface area contributed by atoms with Crippen molar-refractivity contribution in [1.29, 1.82) is 0 Å². The van der Waals surface area contributed by atoms with E-state index in [1.165, 1.54) is 24.3 Å². The van der Waals surface area contributed by atoms with Crippen LogP contribution in [0.1, 0.15) is 57.5 Å². The van der Waals surface area contributed by atoms with Crippen LogP contribution in [-0.2, 0) is 19.1 Å². The fourth-order valence-electron chi connectivity index (χ4n) is 4.93. The molecular formula is C27H29NO7. The first-order valence-electron chi connectivity index (χ1n) is 11.8. The van der Waals surface area contributed by atoms with Gasteiger partial charge in [0, 0.05) is 6.04 Å². The van der Waals surface area contributed by atoms with Crippen molar-refractivity contribution in [2.24, 2.45) is 11.8 Å². The van der Waals surface area contributed by atoms with Gasteiger partial charge in [-0.15, -0.1) is 0 Å². The summed E-state index contributed by atoms with van der Waals surface area (Å²) in [6.45, 7) is 3.70. The van der Waals surface area contributed by atoms with Gasteiger partial charge in [0.1, 0.15) is 0 Å². The molecule has 2 aromatic carbocycles. The molecule has 35 heavy (non-hydrogen) atoms. The standard InChI is InChI=1S/C27H29NO7/c1-15-3-8-18(9-4-15)26(32)34-22(24(29)28-21-14-17-7-12-20(21)13-17)23(25(30)31)35-27(33)19-10-5-16(2)6-11-19/h3-6,8-11,17,20-23H,7,12-14H2,1-2H3,(H,28,29)(H,30,31)/t17-,20-,21+,22-,23-/m0/s1. The minimum atomic E-state index is -2.02. The molecule has 0 unspecified atom stereocenters. The Bertz CT molecular complexity index is 1110. The summed E-state index contributed by atoms with van der Waals surface area (Å²) in [6.07, 6.45) is 0.0641. The summed E-state index contributed by atoms with van der Waals surface area (Å²) < 4.78 is 10.6. The van der Waals surface area contributed by atoms with E-state index in [0.29, 0.717) is 11.8 Å². The lowest BCUT2D eigenvalue weighted by Crippen LogP contribution is -2.53. The lowest BCUT2D eigenvalue weighted by atomic mass is 9.95. The number of benzene rings is 2. The van der Waals surface area contributed by atoms with Gasteiger partial charge < -0.3 is 19.9 Å². The number of aliphatic carboxylic acids is 1. The van der Waals surface area contributed by atoms with Crippen molar-refractivity contribution >= 4 is 23.8 Å². The van der Waals surface area contributed by atoms with E-state index in [9.17, 15) is 24.3 Å². The smallest absolute Gasteiger partial charge is 0.349 e. The SMILES string of the molecule is Cc1ccc(C(=O)O[C@H](C(=O)O)[C@H](OC(=O)c2ccc(C)cc2)C(=O)N[C@@H]2C[C@H]3CC[C@H]2C3)cc1. The van der Waals surface area contributed by atoms with Gasteiger partial charge in [0.15, 0.2) is 0 Å². The maximum Gasteiger partial charge on any atom is 0.349 e. The van der Waals surface area contributed by atoms with Gasteiger partial charge in [-0.2, -0.15) is 0 Å². The van der Waals surface area contributed by atoms with Crippen molar-refractivity contribution < 1.29 is 33.8 Å². The highest BCUT2D eigenvalue weighted by Gasteiger charge is 2.45. The van der Waals surface area contributed by atoms with Crippen LogP contribution >= 0.6 is 0 Å². The Morgan fingerprint density at radius 3 is 1.74 bits per heavy atom. The molecule has 2 bridgehead atoms. The van der Waals surface area contributed by atoms with Gasteiger partial charge in [-0.25, -0.2) is 14.4 Å². The first-order chi connectivity index (χ1) is 16.7. The number of amides is 1. The van der Waals surface area contributed by atoms with Crippen LogP contribution in [0.5, 0.6) is 0 Å². The number of aryl methyl sites for hydroxylation is 2. The van der Waals surface area contributed by atoms with Crippen LogP contribution in [0, 0.1) is 25.7 Å². The molecule has 8 heteroatoms. The summed E-state index contributed by atoms with van der Waals surface area (Å²) in [6, 6.07) is 12.7. The summed E-state index contributed by atoms with van der Waals surface area (Å²) in [5, 5.41) is 12.7. The molecule has 2 aromatic rings. The van der Waals surface area contributed by atoms with Crippen LogP contribution in [0.4, 0.5) is 0 Å². The van der Waals surface area contributed by atoms with E-state index in [1.54, 1.807) is 24.3 Å². The number of carbonyl (C=O) groups is 4. The third-order valence-electron chi connectivity index (χ3n) is 6.89. The fourth-order valence-corrected chi connectivity index (χ4v) is 4.93. The van der Waals surface area contributed by atoms with Gasteiger partial charge >= 0.3 is 17.9 Å². The summed E-state index contributed by atoms with van der Waals surface area (Å²) in [5.74, 6) is -3.33. The van der Waals surface area contributed by atoms with Gasteiger partial charge in [0.25, 0.3) is 5.91 Å². The summed E-state index contributed by atoms with van der Waals surface area (Å²) in [4.78, 5) is 50.9. The van der Waals surface area contributed by atoms with Crippen molar-refractivity contribution in [3.8, 4) is 0 Å². The second-order valence-corrected chi connectivity index (χ2v) is 9.51. The highest BCUT2D eigenvalue weighted by molar-refractivity contribution is 5.96. The third kappa shape index (κ3) is 5.70. The first-order valence-corrected chi connectivity index (χ1v) is 11.8. The molecule has 4 rings (SSSR count). The quantitative estimate of drug-likeness (QED) is 0.557. The number of esters is 2. The number of carboxylic acid groups (broad SMARTS) is 1. The zero-order valence-electron chi connectivity index (χ0n) is 19.7. The van der Waals surface area contributed by atoms with E-state index in [4.69, 9.17) is 9.47 Å². The average Bonchev–Trinajstić information content (AvgIpc) is 3.45. The second-order valence-electron chi connectivity index (χ2n) is 9.51. The van der Waals surface area contributed by atoms with Crippen LogP contribution in [0.3, 0.4) is 0 Å². The number of carbonyl (C=O) groups excluding carboxylic acids is 3. The summed E-state index contributed by atoms with van der Waals surface area (Å²) in [7, 11) is 0. The van der Waals surface area contributed by atoms with Crippen molar-refractivity contribution in [3.05, 3.63) is 70.8 Å².